The average molecular weight is 289 g/mol. The summed E-state index contributed by atoms with van der Waals surface area (Å²) in [4.78, 5) is 0. The summed E-state index contributed by atoms with van der Waals surface area (Å²) >= 11 is 6.60. The summed E-state index contributed by atoms with van der Waals surface area (Å²) < 4.78 is 11.2. The van der Waals surface area contributed by atoms with Crippen LogP contribution in [0.5, 0.6) is 11.5 Å². The van der Waals surface area contributed by atoms with E-state index in [2.05, 4.69) is 12.1 Å². The Morgan fingerprint density at radius 3 is 2.75 bits per heavy atom. The van der Waals surface area contributed by atoms with Gasteiger partial charge in [-0.05, 0) is 35.7 Å². The Bertz CT molecular complexity index is 599. The number of alkyl halides is 1. The fourth-order valence-corrected chi connectivity index (χ4v) is 2.94. The van der Waals surface area contributed by atoms with E-state index < -0.39 is 0 Å². The molecule has 0 N–H and O–H groups in total. The van der Waals surface area contributed by atoms with Gasteiger partial charge in [0.25, 0.3) is 0 Å². The lowest BCUT2D eigenvalue weighted by Gasteiger charge is -2.18. The zero-order valence-corrected chi connectivity index (χ0v) is 12.4. The number of hydrogen-bond acceptors (Lipinski definition) is 2. The van der Waals surface area contributed by atoms with Crippen molar-refractivity contribution >= 4 is 11.6 Å². The van der Waals surface area contributed by atoms with Crippen molar-refractivity contribution in [3.63, 3.8) is 0 Å². The van der Waals surface area contributed by atoms with Crippen molar-refractivity contribution < 1.29 is 9.47 Å². The first-order valence-electron chi connectivity index (χ1n) is 6.72. The van der Waals surface area contributed by atoms with Crippen LogP contribution in [0, 0.1) is 6.92 Å². The molecule has 20 heavy (non-hydrogen) atoms. The summed E-state index contributed by atoms with van der Waals surface area (Å²) in [5, 5.41) is -0.160. The molecule has 104 valence electrons. The monoisotopic (exact) mass is 288 g/mol. The first-order valence-corrected chi connectivity index (χ1v) is 7.16. The molecule has 0 aromatic heterocycles. The van der Waals surface area contributed by atoms with E-state index in [0.717, 1.165) is 29.0 Å². The number of benzene rings is 2. The molecule has 0 fully saturated rings. The molecule has 1 heterocycles. The van der Waals surface area contributed by atoms with Gasteiger partial charge >= 0.3 is 0 Å². The molecule has 0 aliphatic carbocycles. The molecular weight excluding hydrogens is 272 g/mol. The van der Waals surface area contributed by atoms with Crippen molar-refractivity contribution in [3.8, 4) is 11.5 Å². The van der Waals surface area contributed by atoms with Crippen LogP contribution in [0.3, 0.4) is 0 Å². The van der Waals surface area contributed by atoms with Gasteiger partial charge in [0.2, 0.25) is 0 Å². The highest BCUT2D eigenvalue weighted by molar-refractivity contribution is 6.21. The summed E-state index contributed by atoms with van der Waals surface area (Å²) in [6.07, 6.45) is 0.844. The van der Waals surface area contributed by atoms with Gasteiger partial charge in [0, 0.05) is 6.42 Å². The topological polar surface area (TPSA) is 18.5 Å². The zero-order chi connectivity index (χ0) is 14.1. The molecule has 3 heteroatoms. The molecule has 1 aliphatic heterocycles. The Labute approximate surface area is 124 Å². The van der Waals surface area contributed by atoms with E-state index in [9.17, 15) is 0 Å². The first-order chi connectivity index (χ1) is 9.69. The molecule has 2 aromatic carbocycles. The second-order valence-electron chi connectivity index (χ2n) is 5.10. The predicted molar refractivity (Wildman–Crippen MR) is 80.9 cm³/mol. The second kappa shape index (κ2) is 5.37. The molecule has 1 aliphatic rings. The maximum absolute atomic E-state index is 6.60. The van der Waals surface area contributed by atoms with Crippen LogP contribution in [0.15, 0.2) is 42.5 Å². The normalized spacial score (nSPS) is 18.2. The molecule has 0 spiro atoms. The van der Waals surface area contributed by atoms with Crippen LogP contribution in [0.1, 0.15) is 22.1 Å². The molecule has 2 unspecified atom stereocenters. The summed E-state index contributed by atoms with van der Waals surface area (Å²) in [5.41, 5.74) is 3.39. The molecular formula is C17H17ClO2. The SMILES string of the molecule is COc1ccc(C(Cl)C2Cc3ccccc3O2)cc1C. The Morgan fingerprint density at radius 1 is 1.25 bits per heavy atom. The van der Waals surface area contributed by atoms with Crippen molar-refractivity contribution in [2.24, 2.45) is 0 Å². The van der Waals surface area contributed by atoms with Crippen LogP contribution >= 0.6 is 11.6 Å². The highest BCUT2D eigenvalue weighted by Crippen LogP contribution is 2.38. The third kappa shape index (κ3) is 2.36. The van der Waals surface area contributed by atoms with E-state index in [1.807, 2.05) is 37.3 Å². The Hall–Kier alpha value is -1.67. The Morgan fingerprint density at radius 2 is 2.05 bits per heavy atom. The lowest BCUT2D eigenvalue weighted by atomic mass is 10.0. The Balaban J connectivity index is 1.81. The minimum absolute atomic E-state index is 0.0122. The van der Waals surface area contributed by atoms with E-state index in [1.165, 1.54) is 5.56 Å². The Kier molecular flexibility index (Phi) is 3.58. The molecule has 0 radical (unpaired) electrons. The van der Waals surface area contributed by atoms with E-state index in [0.29, 0.717) is 0 Å². The number of fused-ring (bicyclic) bond motifs is 1. The first kappa shape index (κ1) is 13.3. The fourth-order valence-electron chi connectivity index (χ4n) is 2.66. The van der Waals surface area contributed by atoms with Crippen LogP contribution in [0.25, 0.3) is 0 Å². The van der Waals surface area contributed by atoms with Gasteiger partial charge in [-0.15, -0.1) is 11.6 Å². The van der Waals surface area contributed by atoms with Crippen molar-refractivity contribution in [1.82, 2.24) is 0 Å². The van der Waals surface area contributed by atoms with Crippen LogP contribution in [0.2, 0.25) is 0 Å². The molecule has 0 amide bonds. The van der Waals surface area contributed by atoms with Crippen molar-refractivity contribution in [2.45, 2.75) is 24.8 Å². The van der Waals surface area contributed by atoms with Gasteiger partial charge in [0.1, 0.15) is 17.6 Å². The van der Waals surface area contributed by atoms with Gasteiger partial charge in [-0.1, -0.05) is 30.3 Å². The van der Waals surface area contributed by atoms with Gasteiger partial charge < -0.3 is 9.47 Å². The van der Waals surface area contributed by atoms with E-state index in [-0.39, 0.29) is 11.5 Å². The molecule has 2 nitrogen and oxygen atoms in total. The number of aryl methyl sites for hydroxylation is 1. The summed E-state index contributed by atoms with van der Waals surface area (Å²) in [5.74, 6) is 1.83. The molecule has 2 aromatic rings. The number of hydrogen-bond donors (Lipinski definition) is 0. The van der Waals surface area contributed by atoms with Crippen molar-refractivity contribution in [1.29, 1.82) is 0 Å². The summed E-state index contributed by atoms with van der Waals surface area (Å²) in [6.45, 7) is 2.02. The predicted octanol–water partition coefficient (Wildman–Crippen LogP) is 4.29. The average Bonchev–Trinajstić information content (AvgIpc) is 2.90. The smallest absolute Gasteiger partial charge is 0.123 e. The standard InChI is InChI=1S/C17H17ClO2/c1-11-9-13(7-8-14(11)19-2)17(18)16-10-12-5-3-4-6-15(12)20-16/h3-9,16-17H,10H2,1-2H3. The van der Waals surface area contributed by atoms with Crippen LogP contribution in [-0.2, 0) is 6.42 Å². The molecule has 0 saturated heterocycles. The lowest BCUT2D eigenvalue weighted by molar-refractivity contribution is 0.227. The number of para-hydroxylation sites is 1. The highest BCUT2D eigenvalue weighted by atomic mass is 35.5. The fraction of sp³-hybridized carbons (Fsp3) is 0.294. The third-order valence-electron chi connectivity index (χ3n) is 3.74. The van der Waals surface area contributed by atoms with E-state index in [1.54, 1.807) is 7.11 Å². The zero-order valence-electron chi connectivity index (χ0n) is 11.6. The molecule has 3 rings (SSSR count). The third-order valence-corrected chi connectivity index (χ3v) is 4.27. The van der Waals surface area contributed by atoms with Gasteiger partial charge in [0.05, 0.1) is 12.5 Å². The highest BCUT2D eigenvalue weighted by Gasteiger charge is 2.30. The van der Waals surface area contributed by atoms with Gasteiger partial charge in [-0.3, -0.25) is 0 Å². The number of methoxy groups -OCH3 is 1. The second-order valence-corrected chi connectivity index (χ2v) is 5.57. The number of halogens is 1. The van der Waals surface area contributed by atoms with Crippen LogP contribution < -0.4 is 9.47 Å². The van der Waals surface area contributed by atoms with E-state index >= 15 is 0 Å². The maximum Gasteiger partial charge on any atom is 0.123 e. The maximum atomic E-state index is 6.60. The minimum Gasteiger partial charge on any atom is -0.496 e. The lowest BCUT2D eigenvalue weighted by Crippen LogP contribution is -2.19. The van der Waals surface area contributed by atoms with Gasteiger partial charge in [-0.2, -0.15) is 0 Å². The largest absolute Gasteiger partial charge is 0.496 e. The minimum atomic E-state index is -0.160. The van der Waals surface area contributed by atoms with Crippen LogP contribution in [-0.4, -0.2) is 13.2 Å². The molecule has 0 saturated carbocycles. The summed E-state index contributed by atoms with van der Waals surface area (Å²) in [7, 11) is 1.68. The van der Waals surface area contributed by atoms with Crippen molar-refractivity contribution in [3.05, 3.63) is 59.2 Å². The van der Waals surface area contributed by atoms with Crippen LogP contribution in [0.4, 0.5) is 0 Å². The number of ether oxygens (including phenoxy) is 2. The van der Waals surface area contributed by atoms with Gasteiger partial charge in [-0.25, -0.2) is 0 Å². The van der Waals surface area contributed by atoms with Gasteiger partial charge in [0.15, 0.2) is 0 Å². The molecule has 0 bridgehead atoms. The summed E-state index contributed by atoms with van der Waals surface area (Å²) in [6, 6.07) is 14.2. The van der Waals surface area contributed by atoms with Crippen molar-refractivity contribution in [2.75, 3.05) is 7.11 Å². The number of rotatable bonds is 3. The quantitative estimate of drug-likeness (QED) is 0.785. The molecule has 2 atom stereocenters. The van der Waals surface area contributed by atoms with E-state index in [4.69, 9.17) is 21.1 Å².